The number of nitrogens with zero attached hydrogens (tertiary/aromatic N) is 3. The molecule has 0 aromatic carbocycles. The maximum Gasteiger partial charge on any atom is 0.311 e. The Morgan fingerprint density at radius 1 is 1.33 bits per heavy atom. The molecular formula is C18H29N3O3. The Morgan fingerprint density at radius 2 is 2.00 bits per heavy atom. The average molecular weight is 335 g/mol. The second-order valence-corrected chi connectivity index (χ2v) is 7.69. The van der Waals surface area contributed by atoms with Gasteiger partial charge in [-0.05, 0) is 39.5 Å². The Morgan fingerprint density at radius 3 is 2.58 bits per heavy atom. The molecule has 6 heteroatoms. The summed E-state index contributed by atoms with van der Waals surface area (Å²) < 4.78 is 1.97. The Bertz CT molecular complexity index is 636. The third-order valence-corrected chi connectivity index (χ3v) is 4.96. The minimum Gasteiger partial charge on any atom is -0.481 e. The zero-order chi connectivity index (χ0) is 18.1. The van der Waals surface area contributed by atoms with Crippen LogP contribution in [-0.4, -0.2) is 44.8 Å². The molecule has 0 radical (unpaired) electrons. The van der Waals surface area contributed by atoms with Crippen LogP contribution in [0.5, 0.6) is 0 Å². The number of carboxylic acids is 1. The summed E-state index contributed by atoms with van der Waals surface area (Å²) in [7, 11) is 0. The molecule has 0 bridgehead atoms. The van der Waals surface area contributed by atoms with Crippen LogP contribution >= 0.6 is 0 Å². The fourth-order valence-corrected chi connectivity index (χ4v) is 3.40. The van der Waals surface area contributed by atoms with Crippen molar-refractivity contribution < 1.29 is 14.7 Å². The van der Waals surface area contributed by atoms with E-state index in [4.69, 9.17) is 0 Å². The van der Waals surface area contributed by atoms with Gasteiger partial charge in [0.25, 0.3) is 0 Å². The molecule has 1 N–H and O–H groups in total. The first kappa shape index (κ1) is 18.5. The molecule has 2 rings (SSSR count). The van der Waals surface area contributed by atoms with Gasteiger partial charge in [-0.2, -0.15) is 5.10 Å². The van der Waals surface area contributed by atoms with Crippen molar-refractivity contribution in [3.05, 3.63) is 17.0 Å². The summed E-state index contributed by atoms with van der Waals surface area (Å²) in [6, 6.07) is 0. The third-order valence-electron chi connectivity index (χ3n) is 4.96. The van der Waals surface area contributed by atoms with E-state index >= 15 is 0 Å². The molecule has 24 heavy (non-hydrogen) atoms. The van der Waals surface area contributed by atoms with Gasteiger partial charge < -0.3 is 10.0 Å². The number of hydrogen-bond donors (Lipinski definition) is 1. The number of amides is 1. The van der Waals surface area contributed by atoms with E-state index in [2.05, 4.69) is 18.9 Å². The number of likely N-dealkylation sites (tertiary alicyclic amines) is 1. The molecule has 134 valence electrons. The van der Waals surface area contributed by atoms with Crippen LogP contribution < -0.4 is 0 Å². The van der Waals surface area contributed by atoms with Crippen LogP contribution in [0.2, 0.25) is 0 Å². The van der Waals surface area contributed by atoms with Crippen molar-refractivity contribution in [2.45, 2.75) is 60.4 Å². The Kier molecular flexibility index (Phi) is 5.35. The van der Waals surface area contributed by atoms with Crippen LogP contribution in [0.25, 0.3) is 0 Å². The predicted octanol–water partition coefficient (Wildman–Crippen LogP) is 2.41. The summed E-state index contributed by atoms with van der Waals surface area (Å²) in [6.07, 6.45) is 1.65. The summed E-state index contributed by atoms with van der Waals surface area (Å²) in [4.78, 5) is 25.9. The standard InChI is InChI=1S/C18H29N3O3/c1-12(2)10-21-14(4)15(13(3)19-21)9-16(22)20-8-6-7-18(5,11-20)17(23)24/h12H,6-11H2,1-5H3,(H,23,24). The van der Waals surface area contributed by atoms with Gasteiger partial charge in [-0.1, -0.05) is 13.8 Å². The largest absolute Gasteiger partial charge is 0.481 e. The molecule has 0 spiro atoms. The highest BCUT2D eigenvalue weighted by atomic mass is 16.4. The molecule has 1 saturated heterocycles. The third kappa shape index (κ3) is 3.79. The maximum atomic E-state index is 12.7. The quantitative estimate of drug-likeness (QED) is 0.896. The highest BCUT2D eigenvalue weighted by Gasteiger charge is 2.39. The fraction of sp³-hybridized carbons (Fsp3) is 0.722. The van der Waals surface area contributed by atoms with E-state index in [0.29, 0.717) is 31.8 Å². The van der Waals surface area contributed by atoms with Crippen molar-refractivity contribution in [1.82, 2.24) is 14.7 Å². The SMILES string of the molecule is Cc1nn(CC(C)C)c(C)c1CC(=O)N1CCCC(C)(C(=O)O)C1. The lowest BCUT2D eigenvalue weighted by Gasteiger charge is -2.37. The number of piperidine rings is 1. The molecule has 2 heterocycles. The number of hydrogen-bond acceptors (Lipinski definition) is 3. The van der Waals surface area contributed by atoms with Gasteiger partial charge in [-0.25, -0.2) is 0 Å². The Balaban J connectivity index is 2.12. The summed E-state index contributed by atoms with van der Waals surface area (Å²) in [5.41, 5.74) is 2.06. The molecule has 1 aliphatic rings. The lowest BCUT2D eigenvalue weighted by atomic mass is 9.82. The highest BCUT2D eigenvalue weighted by molar-refractivity contribution is 5.81. The first-order chi connectivity index (χ1) is 11.1. The molecular weight excluding hydrogens is 306 g/mol. The van der Waals surface area contributed by atoms with Crippen molar-refractivity contribution in [1.29, 1.82) is 0 Å². The van der Waals surface area contributed by atoms with Crippen molar-refractivity contribution in [2.75, 3.05) is 13.1 Å². The smallest absolute Gasteiger partial charge is 0.311 e. The number of aromatic nitrogens is 2. The lowest BCUT2D eigenvalue weighted by Crippen LogP contribution is -2.48. The maximum absolute atomic E-state index is 12.7. The van der Waals surface area contributed by atoms with Gasteiger partial charge in [0.05, 0.1) is 17.5 Å². The molecule has 1 amide bonds. The average Bonchev–Trinajstić information content (AvgIpc) is 2.74. The number of rotatable bonds is 5. The first-order valence-corrected chi connectivity index (χ1v) is 8.68. The van der Waals surface area contributed by atoms with E-state index in [0.717, 1.165) is 29.9 Å². The lowest BCUT2D eigenvalue weighted by molar-refractivity contribution is -0.153. The van der Waals surface area contributed by atoms with E-state index in [1.807, 2.05) is 18.5 Å². The van der Waals surface area contributed by atoms with Crippen molar-refractivity contribution in [2.24, 2.45) is 11.3 Å². The van der Waals surface area contributed by atoms with Gasteiger partial charge in [-0.15, -0.1) is 0 Å². The van der Waals surface area contributed by atoms with E-state index in [9.17, 15) is 14.7 Å². The van der Waals surface area contributed by atoms with Crippen LogP contribution in [-0.2, 0) is 22.6 Å². The number of carboxylic acid groups (broad SMARTS) is 1. The van der Waals surface area contributed by atoms with Crippen molar-refractivity contribution in [3.63, 3.8) is 0 Å². The second kappa shape index (κ2) is 6.95. The minimum absolute atomic E-state index is 0.00234. The summed E-state index contributed by atoms with van der Waals surface area (Å²) in [6.45, 7) is 11.7. The summed E-state index contributed by atoms with van der Waals surface area (Å²) >= 11 is 0. The highest BCUT2D eigenvalue weighted by Crippen LogP contribution is 2.30. The predicted molar refractivity (Wildman–Crippen MR) is 91.8 cm³/mol. The van der Waals surface area contributed by atoms with Crippen LogP contribution in [0, 0.1) is 25.2 Å². The zero-order valence-corrected chi connectivity index (χ0v) is 15.4. The molecule has 1 fully saturated rings. The van der Waals surface area contributed by atoms with Crippen molar-refractivity contribution in [3.8, 4) is 0 Å². The normalized spacial score (nSPS) is 21.3. The monoisotopic (exact) mass is 335 g/mol. The van der Waals surface area contributed by atoms with E-state index in [-0.39, 0.29) is 5.91 Å². The molecule has 6 nitrogen and oxygen atoms in total. The number of carbonyl (C=O) groups excluding carboxylic acids is 1. The van der Waals surface area contributed by atoms with Gasteiger partial charge in [0.2, 0.25) is 5.91 Å². The van der Waals surface area contributed by atoms with Gasteiger partial charge in [0, 0.05) is 30.9 Å². The fourth-order valence-electron chi connectivity index (χ4n) is 3.40. The van der Waals surface area contributed by atoms with E-state index in [1.165, 1.54) is 0 Å². The van der Waals surface area contributed by atoms with E-state index < -0.39 is 11.4 Å². The van der Waals surface area contributed by atoms with Gasteiger partial charge in [0.1, 0.15) is 0 Å². The van der Waals surface area contributed by atoms with Crippen LogP contribution in [0.4, 0.5) is 0 Å². The number of aliphatic carboxylic acids is 1. The first-order valence-electron chi connectivity index (χ1n) is 8.68. The molecule has 0 saturated carbocycles. The van der Waals surface area contributed by atoms with E-state index in [1.54, 1.807) is 11.8 Å². The number of carbonyl (C=O) groups is 2. The zero-order valence-electron chi connectivity index (χ0n) is 15.4. The van der Waals surface area contributed by atoms with Crippen LogP contribution in [0.3, 0.4) is 0 Å². The molecule has 0 aliphatic carbocycles. The summed E-state index contributed by atoms with van der Waals surface area (Å²) in [5, 5.41) is 14.0. The molecule has 1 aliphatic heterocycles. The Labute approximate surface area is 143 Å². The molecule has 1 unspecified atom stereocenters. The van der Waals surface area contributed by atoms with Gasteiger partial charge in [0.15, 0.2) is 0 Å². The molecule has 1 aromatic heterocycles. The Hall–Kier alpha value is -1.85. The van der Waals surface area contributed by atoms with Crippen LogP contribution in [0.1, 0.15) is 50.6 Å². The topological polar surface area (TPSA) is 75.4 Å². The number of aryl methyl sites for hydroxylation is 1. The van der Waals surface area contributed by atoms with Gasteiger partial charge in [-0.3, -0.25) is 14.3 Å². The minimum atomic E-state index is -0.834. The second-order valence-electron chi connectivity index (χ2n) is 7.69. The molecule has 1 aromatic rings. The van der Waals surface area contributed by atoms with Gasteiger partial charge >= 0.3 is 5.97 Å². The van der Waals surface area contributed by atoms with Crippen LogP contribution in [0.15, 0.2) is 0 Å². The van der Waals surface area contributed by atoms with Crippen molar-refractivity contribution >= 4 is 11.9 Å². The molecule has 1 atom stereocenters. The summed E-state index contributed by atoms with van der Waals surface area (Å²) in [5.74, 6) is -0.334.